The Balaban J connectivity index is 1.36. The summed E-state index contributed by atoms with van der Waals surface area (Å²) in [6.07, 6.45) is 15.4. The van der Waals surface area contributed by atoms with Crippen molar-refractivity contribution in [1.29, 1.82) is 0 Å². The lowest BCUT2D eigenvalue weighted by molar-refractivity contribution is -0.0726. The molecule has 1 aliphatic carbocycles. The molecule has 3 saturated heterocycles. The quantitative estimate of drug-likeness (QED) is 0.780. The van der Waals surface area contributed by atoms with Gasteiger partial charge in [0.15, 0.2) is 11.6 Å². The Bertz CT molecular complexity index is 696. The summed E-state index contributed by atoms with van der Waals surface area (Å²) in [5, 5.41) is 0. The fourth-order valence-corrected chi connectivity index (χ4v) is 6.79. The molecule has 1 aromatic rings. The molecule has 5 nitrogen and oxygen atoms in total. The lowest BCUT2D eigenvalue weighted by atomic mass is 9.69. The van der Waals surface area contributed by atoms with Gasteiger partial charge in [-0.3, -0.25) is 9.69 Å². The summed E-state index contributed by atoms with van der Waals surface area (Å²) in [6, 6.07) is 1.37. The van der Waals surface area contributed by atoms with E-state index in [9.17, 15) is 4.79 Å². The van der Waals surface area contributed by atoms with Crippen LogP contribution in [-0.2, 0) is 0 Å². The lowest BCUT2D eigenvalue weighted by Crippen LogP contribution is -2.64. The molecule has 1 aromatic heterocycles. The third-order valence-electron chi connectivity index (χ3n) is 8.05. The van der Waals surface area contributed by atoms with Gasteiger partial charge >= 0.3 is 0 Å². The van der Waals surface area contributed by atoms with Crippen molar-refractivity contribution in [1.82, 2.24) is 14.8 Å². The molecular formula is C23H35N3O2. The third-order valence-corrected chi connectivity index (χ3v) is 8.05. The van der Waals surface area contributed by atoms with Gasteiger partial charge in [-0.15, -0.1) is 0 Å². The van der Waals surface area contributed by atoms with E-state index < -0.39 is 0 Å². The van der Waals surface area contributed by atoms with Gasteiger partial charge in [-0.05, 0) is 50.0 Å². The topological polar surface area (TPSA) is 49.6 Å². The molecule has 1 amide bonds. The molecule has 1 saturated carbocycles. The number of aryl methyl sites for hydroxylation is 1. The number of hydrogen-bond acceptors (Lipinski definition) is 4. The molecule has 0 unspecified atom stereocenters. The summed E-state index contributed by atoms with van der Waals surface area (Å²) in [7, 11) is 0. The van der Waals surface area contributed by atoms with E-state index in [2.05, 4.69) is 14.8 Å². The van der Waals surface area contributed by atoms with Crippen molar-refractivity contribution in [3.63, 3.8) is 0 Å². The minimum Gasteiger partial charge on any atom is -0.448 e. The number of rotatable bonds is 3. The van der Waals surface area contributed by atoms with Gasteiger partial charge in [0.05, 0.1) is 0 Å². The van der Waals surface area contributed by atoms with Gasteiger partial charge < -0.3 is 9.32 Å². The molecular weight excluding hydrogens is 350 g/mol. The maximum atomic E-state index is 13.1. The van der Waals surface area contributed by atoms with E-state index in [-0.39, 0.29) is 5.91 Å². The van der Waals surface area contributed by atoms with Gasteiger partial charge in [0, 0.05) is 32.1 Å². The van der Waals surface area contributed by atoms with Gasteiger partial charge in [-0.2, -0.15) is 0 Å². The van der Waals surface area contributed by atoms with E-state index >= 15 is 0 Å². The number of fused-ring (bicyclic) bond motifs is 4. The summed E-state index contributed by atoms with van der Waals surface area (Å²) >= 11 is 0. The fourth-order valence-electron chi connectivity index (χ4n) is 6.79. The lowest BCUT2D eigenvalue weighted by Gasteiger charge is -2.57. The van der Waals surface area contributed by atoms with Crippen LogP contribution in [0.4, 0.5) is 0 Å². The number of piperidine rings is 3. The Hall–Kier alpha value is -1.36. The second-order valence-electron chi connectivity index (χ2n) is 9.83. The summed E-state index contributed by atoms with van der Waals surface area (Å²) in [5.41, 5.74) is 0.488. The van der Waals surface area contributed by atoms with Gasteiger partial charge in [-0.25, -0.2) is 4.98 Å². The maximum Gasteiger partial charge on any atom is 0.275 e. The fraction of sp³-hybridized carbons (Fsp3) is 0.826. The number of carbonyl (C=O) groups is 1. The van der Waals surface area contributed by atoms with Crippen LogP contribution in [0.2, 0.25) is 0 Å². The summed E-state index contributed by atoms with van der Waals surface area (Å²) < 4.78 is 5.31. The molecule has 4 aliphatic rings. The first kappa shape index (κ1) is 18.7. The van der Waals surface area contributed by atoms with E-state index in [1.807, 2.05) is 6.92 Å². The Morgan fingerprint density at radius 1 is 1.11 bits per heavy atom. The Labute approximate surface area is 168 Å². The van der Waals surface area contributed by atoms with Crippen LogP contribution >= 0.6 is 0 Å². The van der Waals surface area contributed by atoms with Crippen LogP contribution in [0.5, 0.6) is 0 Å². The number of amides is 1. The molecule has 3 aliphatic heterocycles. The summed E-state index contributed by atoms with van der Waals surface area (Å²) in [5.74, 6) is 2.83. The molecule has 5 heteroatoms. The second kappa shape index (κ2) is 7.81. The molecule has 4 heterocycles. The van der Waals surface area contributed by atoms with Crippen molar-refractivity contribution < 1.29 is 9.21 Å². The van der Waals surface area contributed by atoms with E-state index in [1.54, 1.807) is 0 Å². The first-order valence-corrected chi connectivity index (χ1v) is 11.7. The van der Waals surface area contributed by atoms with Crippen molar-refractivity contribution in [3.05, 3.63) is 17.8 Å². The average Bonchev–Trinajstić information content (AvgIpc) is 3.17. The Kier molecular flexibility index (Phi) is 5.20. The van der Waals surface area contributed by atoms with Crippen molar-refractivity contribution >= 4 is 5.91 Å². The molecule has 4 fully saturated rings. The molecule has 4 atom stereocenters. The van der Waals surface area contributed by atoms with Crippen LogP contribution in [0.15, 0.2) is 10.7 Å². The van der Waals surface area contributed by atoms with E-state index in [1.165, 1.54) is 77.0 Å². The maximum absolute atomic E-state index is 13.1. The number of oxazole rings is 1. The van der Waals surface area contributed by atoms with Gasteiger partial charge in [0.1, 0.15) is 6.26 Å². The number of hydrogen-bond donors (Lipinski definition) is 0. The zero-order valence-corrected chi connectivity index (χ0v) is 17.3. The average molecular weight is 386 g/mol. The number of nitrogens with zero attached hydrogens (tertiary/aromatic N) is 3. The molecule has 5 rings (SSSR count). The first-order valence-electron chi connectivity index (χ1n) is 11.7. The standard InChI is InChI=1S/C23H35N3O2/c1-16-24-20(15-28-16)23(27)25-13-18-12-19(14-25)22(11-17-7-3-2-4-8-17)26-10-6-5-9-21(18)26/h15,17-19,21-22H,2-14H2,1H3/t18-,19+,21+,22+/m1/s1. The highest BCUT2D eigenvalue weighted by molar-refractivity contribution is 5.92. The predicted molar refractivity (Wildman–Crippen MR) is 108 cm³/mol. The number of carbonyl (C=O) groups excluding carboxylic acids is 1. The van der Waals surface area contributed by atoms with Gasteiger partial charge in [-0.1, -0.05) is 38.5 Å². The van der Waals surface area contributed by atoms with Crippen molar-refractivity contribution in [3.8, 4) is 0 Å². The van der Waals surface area contributed by atoms with Crippen LogP contribution in [0.1, 0.15) is 80.6 Å². The normalized spacial score (nSPS) is 34.2. The van der Waals surface area contributed by atoms with Crippen LogP contribution in [0.25, 0.3) is 0 Å². The largest absolute Gasteiger partial charge is 0.448 e. The van der Waals surface area contributed by atoms with Gasteiger partial charge in [0.2, 0.25) is 0 Å². The zero-order valence-electron chi connectivity index (χ0n) is 17.3. The Morgan fingerprint density at radius 2 is 1.89 bits per heavy atom. The van der Waals surface area contributed by atoms with Crippen molar-refractivity contribution in [2.45, 2.75) is 83.2 Å². The third kappa shape index (κ3) is 3.51. The van der Waals surface area contributed by atoms with E-state index in [0.29, 0.717) is 35.5 Å². The van der Waals surface area contributed by atoms with Crippen molar-refractivity contribution in [2.75, 3.05) is 19.6 Å². The minimum atomic E-state index is 0.0761. The highest BCUT2D eigenvalue weighted by Gasteiger charge is 2.48. The first-order chi connectivity index (χ1) is 13.7. The molecule has 0 aromatic carbocycles. The van der Waals surface area contributed by atoms with Crippen LogP contribution in [0.3, 0.4) is 0 Å². The number of aromatic nitrogens is 1. The molecule has 2 bridgehead atoms. The summed E-state index contributed by atoms with van der Waals surface area (Å²) in [6.45, 7) is 4.90. The van der Waals surface area contributed by atoms with Gasteiger partial charge in [0.25, 0.3) is 5.91 Å². The summed E-state index contributed by atoms with van der Waals surface area (Å²) in [4.78, 5) is 22.4. The highest BCUT2D eigenvalue weighted by Crippen LogP contribution is 2.44. The SMILES string of the molecule is Cc1nc(C(=O)N2C[C@H]3C[C@@H](C2)[C@H](CC2CCCCC2)N2CCCC[C@@H]32)co1. The minimum absolute atomic E-state index is 0.0761. The molecule has 0 spiro atoms. The monoisotopic (exact) mass is 385 g/mol. The van der Waals surface area contributed by atoms with Crippen molar-refractivity contribution in [2.24, 2.45) is 17.8 Å². The van der Waals surface area contributed by atoms with E-state index in [4.69, 9.17) is 4.42 Å². The second-order valence-corrected chi connectivity index (χ2v) is 9.83. The number of likely N-dealkylation sites (tertiary alicyclic amines) is 1. The van der Waals surface area contributed by atoms with Crippen LogP contribution in [-0.4, -0.2) is 52.4 Å². The van der Waals surface area contributed by atoms with Crippen LogP contribution in [0, 0.1) is 24.7 Å². The molecule has 154 valence electrons. The highest BCUT2D eigenvalue weighted by atomic mass is 16.3. The zero-order chi connectivity index (χ0) is 19.1. The molecule has 28 heavy (non-hydrogen) atoms. The van der Waals surface area contributed by atoms with E-state index in [0.717, 1.165) is 19.0 Å². The Morgan fingerprint density at radius 3 is 2.68 bits per heavy atom. The predicted octanol–water partition coefficient (Wildman–Crippen LogP) is 4.27. The van der Waals surface area contributed by atoms with Crippen LogP contribution < -0.4 is 0 Å². The molecule has 0 radical (unpaired) electrons. The smallest absolute Gasteiger partial charge is 0.275 e. The molecule has 0 N–H and O–H groups in total.